The van der Waals surface area contributed by atoms with E-state index < -0.39 is 0 Å². The van der Waals surface area contributed by atoms with E-state index in [2.05, 4.69) is 15.5 Å². The first-order valence-electron chi connectivity index (χ1n) is 6.41. The number of hydrogen-bond donors (Lipinski definition) is 1. The van der Waals surface area contributed by atoms with Crippen LogP contribution in [0.1, 0.15) is 11.3 Å². The molecule has 0 unspecified atom stereocenters. The van der Waals surface area contributed by atoms with Crippen LogP contribution in [-0.4, -0.2) is 23.0 Å². The Morgan fingerprint density at radius 1 is 1.33 bits per heavy atom. The second-order valence-electron chi connectivity index (χ2n) is 4.52. The van der Waals surface area contributed by atoms with Gasteiger partial charge in [-0.15, -0.1) is 5.10 Å². The molecule has 0 spiro atoms. The number of carbonyl (C=O) groups is 1. The Morgan fingerprint density at radius 2 is 2.24 bits per heavy atom. The van der Waals surface area contributed by atoms with Gasteiger partial charge in [0.2, 0.25) is 5.91 Å². The van der Waals surface area contributed by atoms with E-state index in [-0.39, 0.29) is 5.91 Å². The molecule has 21 heavy (non-hydrogen) atoms. The summed E-state index contributed by atoms with van der Waals surface area (Å²) in [6.45, 7) is 1.92. The summed E-state index contributed by atoms with van der Waals surface area (Å²) in [5, 5.41) is 11.1. The number of hydrogen-bond acceptors (Lipinski definition) is 5. The van der Waals surface area contributed by atoms with E-state index in [0.717, 1.165) is 22.6 Å². The molecule has 0 atom stereocenters. The summed E-state index contributed by atoms with van der Waals surface area (Å²) in [7, 11) is 0. The van der Waals surface area contributed by atoms with Gasteiger partial charge in [0, 0.05) is 5.56 Å². The molecule has 1 aromatic carbocycles. The van der Waals surface area contributed by atoms with Gasteiger partial charge in [-0.1, -0.05) is 30.0 Å². The van der Waals surface area contributed by atoms with E-state index >= 15 is 0 Å². The van der Waals surface area contributed by atoms with E-state index in [1.807, 2.05) is 43.3 Å². The molecule has 1 fully saturated rings. The summed E-state index contributed by atoms with van der Waals surface area (Å²) in [5.74, 6) is 2.07. The summed E-state index contributed by atoms with van der Waals surface area (Å²) >= 11 is 1.35. The summed E-state index contributed by atoms with van der Waals surface area (Å²) in [6, 6.07) is 11.7. The monoisotopic (exact) mass is 299 g/mol. The Morgan fingerprint density at radius 3 is 2.95 bits per heavy atom. The lowest BCUT2D eigenvalue weighted by atomic mass is 10.1. The molecule has 0 aliphatic carbocycles. The smallest absolute Gasteiger partial charge is 0.236 e. The van der Waals surface area contributed by atoms with Crippen molar-refractivity contribution >= 4 is 29.1 Å². The fourth-order valence-electron chi connectivity index (χ4n) is 1.89. The van der Waals surface area contributed by atoms with Crippen LogP contribution in [0.2, 0.25) is 0 Å². The van der Waals surface area contributed by atoms with Crippen molar-refractivity contribution < 1.29 is 9.21 Å². The maximum Gasteiger partial charge on any atom is 0.236 e. The zero-order valence-electron chi connectivity index (χ0n) is 11.4. The number of rotatable bonds is 3. The summed E-state index contributed by atoms with van der Waals surface area (Å²) < 4.78 is 5.60. The molecule has 1 aromatic heterocycles. The van der Waals surface area contributed by atoms with Crippen LogP contribution in [0.3, 0.4) is 0 Å². The van der Waals surface area contributed by atoms with E-state index in [1.165, 1.54) is 11.8 Å². The third-order valence-corrected chi connectivity index (χ3v) is 3.72. The predicted molar refractivity (Wildman–Crippen MR) is 84.5 cm³/mol. The van der Waals surface area contributed by atoms with Crippen molar-refractivity contribution in [2.24, 2.45) is 10.2 Å². The Bertz CT molecular complexity index is 734. The SMILES string of the molecule is Cc1ccc(-c2cccc(C=NN=C3NC(=O)CS3)c2)o1. The van der Waals surface area contributed by atoms with Crippen molar-refractivity contribution in [1.82, 2.24) is 5.32 Å². The zero-order chi connectivity index (χ0) is 14.7. The number of amides is 1. The highest BCUT2D eigenvalue weighted by Gasteiger charge is 2.15. The maximum absolute atomic E-state index is 11.0. The minimum Gasteiger partial charge on any atom is -0.461 e. The van der Waals surface area contributed by atoms with Gasteiger partial charge in [-0.05, 0) is 30.7 Å². The number of nitrogens with one attached hydrogen (secondary N) is 1. The highest BCUT2D eigenvalue weighted by molar-refractivity contribution is 8.15. The van der Waals surface area contributed by atoms with Gasteiger partial charge in [-0.3, -0.25) is 4.79 Å². The van der Waals surface area contributed by atoms with Crippen molar-refractivity contribution in [2.75, 3.05) is 5.75 Å². The third-order valence-electron chi connectivity index (χ3n) is 2.85. The van der Waals surface area contributed by atoms with E-state index in [9.17, 15) is 4.79 Å². The Hall–Kier alpha value is -2.34. The fourth-order valence-corrected chi connectivity index (χ4v) is 2.52. The molecule has 1 aliphatic heterocycles. The Kier molecular flexibility index (Phi) is 3.87. The first-order chi connectivity index (χ1) is 10.2. The summed E-state index contributed by atoms with van der Waals surface area (Å²) in [5.41, 5.74) is 1.91. The number of aryl methyl sites for hydroxylation is 1. The normalized spacial score (nSPS) is 16.8. The minimum atomic E-state index is -0.0378. The van der Waals surface area contributed by atoms with E-state index in [1.54, 1.807) is 6.21 Å². The van der Waals surface area contributed by atoms with Gasteiger partial charge in [-0.25, -0.2) is 0 Å². The molecule has 2 heterocycles. The van der Waals surface area contributed by atoms with Gasteiger partial charge >= 0.3 is 0 Å². The van der Waals surface area contributed by atoms with Crippen LogP contribution in [0, 0.1) is 6.92 Å². The van der Waals surface area contributed by atoms with Crippen molar-refractivity contribution in [3.8, 4) is 11.3 Å². The largest absolute Gasteiger partial charge is 0.461 e. The van der Waals surface area contributed by atoms with E-state index in [4.69, 9.17) is 4.42 Å². The minimum absolute atomic E-state index is 0.0378. The average Bonchev–Trinajstić information content (AvgIpc) is 3.08. The molecule has 1 amide bonds. The molecule has 6 heteroatoms. The number of furan rings is 1. The number of carbonyl (C=O) groups excluding carboxylic acids is 1. The molecule has 1 N–H and O–H groups in total. The molecule has 1 saturated heterocycles. The first-order valence-corrected chi connectivity index (χ1v) is 7.40. The molecule has 106 valence electrons. The van der Waals surface area contributed by atoms with Gasteiger partial charge in [0.25, 0.3) is 0 Å². The molecule has 3 rings (SSSR count). The number of benzene rings is 1. The summed E-state index contributed by atoms with van der Waals surface area (Å²) in [6.07, 6.45) is 1.65. The van der Waals surface area contributed by atoms with Crippen LogP contribution in [-0.2, 0) is 4.79 Å². The van der Waals surface area contributed by atoms with Crippen LogP contribution < -0.4 is 5.32 Å². The van der Waals surface area contributed by atoms with Gasteiger partial charge in [0.15, 0.2) is 5.17 Å². The molecule has 2 aromatic rings. The van der Waals surface area contributed by atoms with Gasteiger partial charge in [-0.2, -0.15) is 5.10 Å². The number of nitrogens with zero attached hydrogens (tertiary/aromatic N) is 2. The Balaban J connectivity index is 1.76. The van der Waals surface area contributed by atoms with Crippen LogP contribution in [0.25, 0.3) is 11.3 Å². The van der Waals surface area contributed by atoms with Gasteiger partial charge in [0.1, 0.15) is 11.5 Å². The topological polar surface area (TPSA) is 67.0 Å². The molecular formula is C15H13N3O2S. The van der Waals surface area contributed by atoms with Crippen LogP contribution in [0.15, 0.2) is 51.0 Å². The molecule has 0 saturated carbocycles. The van der Waals surface area contributed by atoms with Crippen molar-refractivity contribution in [3.05, 3.63) is 47.7 Å². The second kappa shape index (κ2) is 5.97. The maximum atomic E-state index is 11.0. The Labute approximate surface area is 126 Å². The lowest BCUT2D eigenvalue weighted by molar-refractivity contribution is -0.116. The molecule has 1 aliphatic rings. The van der Waals surface area contributed by atoms with E-state index in [0.29, 0.717) is 10.9 Å². The lowest BCUT2D eigenvalue weighted by Crippen LogP contribution is -2.19. The lowest BCUT2D eigenvalue weighted by Gasteiger charge is -1.98. The standard InChI is InChI=1S/C15H13N3O2S/c1-10-5-6-13(20-10)12-4-2-3-11(7-12)8-16-18-15-17-14(19)9-21-15/h2-8H,9H2,1H3,(H,17,18,19). The van der Waals surface area contributed by atoms with Crippen molar-refractivity contribution in [3.63, 3.8) is 0 Å². The average molecular weight is 299 g/mol. The number of amidine groups is 1. The molecule has 0 bridgehead atoms. The van der Waals surface area contributed by atoms with Crippen molar-refractivity contribution in [1.29, 1.82) is 0 Å². The molecule has 5 nitrogen and oxygen atoms in total. The van der Waals surface area contributed by atoms with Gasteiger partial charge in [0.05, 0.1) is 12.0 Å². The highest BCUT2D eigenvalue weighted by atomic mass is 32.2. The van der Waals surface area contributed by atoms with Crippen LogP contribution in [0.4, 0.5) is 0 Å². The fraction of sp³-hybridized carbons (Fsp3) is 0.133. The zero-order valence-corrected chi connectivity index (χ0v) is 12.2. The second-order valence-corrected chi connectivity index (χ2v) is 5.49. The quantitative estimate of drug-likeness (QED) is 0.700. The molecular weight excluding hydrogens is 286 g/mol. The third kappa shape index (κ3) is 3.41. The van der Waals surface area contributed by atoms with Crippen LogP contribution in [0.5, 0.6) is 0 Å². The highest BCUT2D eigenvalue weighted by Crippen LogP contribution is 2.22. The van der Waals surface area contributed by atoms with Gasteiger partial charge < -0.3 is 9.73 Å². The number of thioether (sulfide) groups is 1. The van der Waals surface area contributed by atoms with Crippen LogP contribution >= 0.6 is 11.8 Å². The molecule has 0 radical (unpaired) electrons. The predicted octanol–water partition coefficient (Wildman–Crippen LogP) is 2.81. The first kappa shape index (κ1) is 13.6. The summed E-state index contributed by atoms with van der Waals surface area (Å²) in [4.78, 5) is 11.0. The van der Waals surface area contributed by atoms with Crippen molar-refractivity contribution in [2.45, 2.75) is 6.92 Å².